The number of morpholine rings is 1. The molecule has 1 aliphatic rings. The van der Waals surface area contributed by atoms with E-state index in [1.807, 2.05) is 32.2 Å². The number of nitrogens with zero attached hydrogens (tertiary/aromatic N) is 16. The van der Waals surface area contributed by atoms with Gasteiger partial charge in [-0.3, -0.25) is 81.6 Å². The third-order valence-electron chi connectivity index (χ3n) is 14.0. The molecule has 0 spiro atoms. The number of hydrogen-bond donors (Lipinski definition) is 7. The summed E-state index contributed by atoms with van der Waals surface area (Å²) in [6.45, 7) is 12.6. The van der Waals surface area contributed by atoms with Gasteiger partial charge in [0.25, 0.3) is 28.5 Å². The molecule has 2 aromatic carbocycles. The van der Waals surface area contributed by atoms with Crippen LogP contribution in [0.25, 0.3) is 16.9 Å². The predicted molar refractivity (Wildman–Crippen MR) is 386 cm³/mol. The number of hydrogen-bond acceptors (Lipinski definition) is 30. The van der Waals surface area contributed by atoms with Crippen LogP contribution in [0.1, 0.15) is 99.3 Å². The van der Waals surface area contributed by atoms with Crippen LogP contribution in [0.5, 0.6) is 0 Å². The lowest BCUT2D eigenvalue weighted by atomic mass is 10.2. The minimum atomic E-state index is -0.529. The Kier molecular flexibility index (Phi) is 32.1. The maximum absolute atomic E-state index is 12.9. The molecule has 2 amide bonds. The van der Waals surface area contributed by atoms with Gasteiger partial charge in [0.05, 0.1) is 123 Å². The van der Waals surface area contributed by atoms with Gasteiger partial charge in [0.15, 0.2) is 16.9 Å². The van der Waals surface area contributed by atoms with Gasteiger partial charge >= 0.3 is 11.9 Å². The van der Waals surface area contributed by atoms with Crippen LogP contribution < -0.4 is 44.1 Å². The van der Waals surface area contributed by atoms with Crippen LogP contribution in [-0.4, -0.2) is 145 Å². The fraction of sp³-hybridized carbons (Fsp3) is 0.261. The number of aromatic nitrogens is 15. The summed E-state index contributed by atoms with van der Waals surface area (Å²) < 4.78 is 18.9. The van der Waals surface area contributed by atoms with Crippen molar-refractivity contribution in [2.24, 2.45) is 0 Å². The van der Waals surface area contributed by atoms with E-state index >= 15 is 0 Å². The molecule has 1 aliphatic heterocycles. The lowest BCUT2D eigenvalue weighted by molar-refractivity contribution is -0.282. The molecule has 11 aromatic rings. The summed E-state index contributed by atoms with van der Waals surface area (Å²) in [6.07, 6.45) is 23.8. The number of anilines is 3. The van der Waals surface area contributed by atoms with E-state index < -0.39 is 22.9 Å². The number of aliphatic hydroxyl groups is 2. The maximum atomic E-state index is 12.9. The second kappa shape index (κ2) is 41.9. The number of allylic oxidation sites excluding steroid dienone is 1. The summed E-state index contributed by atoms with van der Waals surface area (Å²) in [7, 11) is 1.44. The highest BCUT2D eigenvalue weighted by Gasteiger charge is 2.18. The van der Waals surface area contributed by atoms with E-state index in [0.29, 0.717) is 98.2 Å². The zero-order valence-corrected chi connectivity index (χ0v) is 59.7. The summed E-state index contributed by atoms with van der Waals surface area (Å²) in [5.41, 5.74) is 17.3. The lowest BCUT2D eigenvalue weighted by Crippen LogP contribution is -2.36. The minimum absolute atomic E-state index is 0.0139. The highest BCUT2D eigenvalue weighted by molar-refractivity contribution is 6.30. The normalized spacial score (nSPS) is 11.4. The average Bonchev–Trinajstić information content (AvgIpc) is 0.809. The van der Waals surface area contributed by atoms with Gasteiger partial charge in [-0.05, 0) is 56.2 Å². The molecular weight excluding hydrogens is 1420 g/mol. The number of nitrogens with one attached hydrogen (secondary N) is 3. The summed E-state index contributed by atoms with van der Waals surface area (Å²) >= 11 is 11.7. The summed E-state index contributed by atoms with van der Waals surface area (Å²) in [4.78, 5) is 142. The molecule has 12 rings (SSSR count). The molecule has 0 saturated carbocycles. The molecule has 554 valence electrons. The smallest absolute Gasteiger partial charge is 0.303 e. The van der Waals surface area contributed by atoms with Crippen molar-refractivity contribution in [3.63, 3.8) is 0 Å². The Morgan fingerprint density at radius 1 is 0.519 bits per heavy atom. The molecule has 0 unspecified atom stereocenters. The maximum Gasteiger partial charge on any atom is 0.303 e. The van der Waals surface area contributed by atoms with Crippen molar-refractivity contribution < 1.29 is 53.4 Å². The topological polar surface area (TPSA) is 465 Å². The van der Waals surface area contributed by atoms with Crippen molar-refractivity contribution in [2.45, 2.75) is 87.3 Å². The Bertz CT molecular complexity index is 4940. The average molecular weight is 1490 g/mol. The minimum Gasteiger partial charge on any atom is -0.459 e. The number of carbonyl (C=O) groups excluding carboxylic acids is 4. The number of benzene rings is 2. The molecule has 1 fully saturated rings. The number of nitrogen functional groups attached to an aromatic ring is 2. The molecule has 0 radical (unpaired) electrons. The van der Waals surface area contributed by atoms with Crippen molar-refractivity contribution in [3.8, 4) is 0 Å². The molecule has 106 heavy (non-hydrogen) atoms. The summed E-state index contributed by atoms with van der Waals surface area (Å²) in [6, 6.07) is 14.1. The lowest BCUT2D eigenvalue weighted by Gasteiger charge is -2.26. The molecule has 0 aliphatic carbocycles. The number of esters is 2. The molecule has 37 heteroatoms. The first kappa shape index (κ1) is 81.2. The fourth-order valence-corrected chi connectivity index (χ4v) is 8.80. The molecule has 9 aromatic heterocycles. The first-order chi connectivity index (χ1) is 51.0. The third-order valence-corrected chi connectivity index (χ3v) is 14.5. The largest absolute Gasteiger partial charge is 0.459 e. The Morgan fingerprint density at radius 3 is 1.42 bits per heavy atom. The Balaban J connectivity index is 0.000000185. The standard InChI is InChI=1S/C20H20ClN5O3.C16H13ClN4O3.C11H11N3O3.C11H15N3O2.C6H9N3O2.C5H7N3O/c21-15-3-1-14(2-4-15)9-24-19(27)17-10-23-18-11-22-16(13-26(18)20(17)28)12-25-5-7-29-8-6-25;17-11-3-1-10(2-4-11)5-20-15(23)13-6-19-14-7-18-12(9-22)8-21(14)16(13)24;1-7-3-13-10-4-12-9(6-17-8(2)15)5-14(10)11(7)16;1-8(2)4-13-11-6-12-10(5-14-11)7-16-9(3)15;1-10-11-4-5-2-9-6(7)3-8-5;6-5-2-7-4(3-9)1-8-5/h1-4,10-11,13H,5-9,12H2,(H,24,27);1-4,6-8,22H,5,9H2,(H,20,23);3-5H,6H2,1-2H3;4-6H,7H2,1-3H3,(H,13,14);2-3H,4H2,1H3,(H2,7,9);1-2,9H,3H2,(H2,6,8). The van der Waals surface area contributed by atoms with Crippen molar-refractivity contribution in [3.05, 3.63) is 256 Å². The van der Waals surface area contributed by atoms with Crippen molar-refractivity contribution in [1.82, 2.24) is 88.5 Å². The second-order valence-corrected chi connectivity index (χ2v) is 23.3. The van der Waals surface area contributed by atoms with Gasteiger partial charge in [0.2, 0.25) is 0 Å². The number of fused-ring (bicyclic) bond motifs is 3. The van der Waals surface area contributed by atoms with Crippen LogP contribution in [0.2, 0.25) is 10.0 Å². The van der Waals surface area contributed by atoms with E-state index in [-0.39, 0.29) is 74.7 Å². The number of aryl methyl sites for hydroxylation is 1. The first-order valence-electron chi connectivity index (χ1n) is 31.9. The van der Waals surface area contributed by atoms with Crippen LogP contribution in [0.15, 0.2) is 168 Å². The second-order valence-electron chi connectivity index (χ2n) is 22.5. The van der Waals surface area contributed by atoms with Gasteiger partial charge < -0.3 is 51.8 Å². The van der Waals surface area contributed by atoms with E-state index in [0.717, 1.165) is 35.5 Å². The SMILES string of the molecule is CC(=O)OCc1cn2c(=O)c(C)cnc2cn1.CC(=O)OCc1cnc(NC=C(C)C)cn1.COOCc1cnc(N)cn1.Nc1cnc(CO)cn1.O=C(NCc1ccc(Cl)cc1)c1cnc2cnc(CN3CCOCC3)cn2c1=O.O=C(NCc1ccc(Cl)cc1)c1cnc2cnc(CO)cn2c1=O. The van der Waals surface area contributed by atoms with E-state index in [4.69, 9.17) is 59.1 Å². The molecule has 0 bridgehead atoms. The van der Waals surface area contributed by atoms with Gasteiger partial charge in [0, 0.05) is 106 Å². The van der Waals surface area contributed by atoms with Crippen LogP contribution >= 0.6 is 23.2 Å². The zero-order valence-electron chi connectivity index (χ0n) is 58.2. The summed E-state index contributed by atoms with van der Waals surface area (Å²) in [5.74, 6) is -0.293. The van der Waals surface area contributed by atoms with Crippen LogP contribution in [0, 0.1) is 6.92 Å². The number of carbonyl (C=O) groups is 4. The Hall–Kier alpha value is -12.1. The van der Waals surface area contributed by atoms with E-state index in [2.05, 4.69) is 90.4 Å². The van der Waals surface area contributed by atoms with Crippen LogP contribution in [0.3, 0.4) is 0 Å². The highest BCUT2D eigenvalue weighted by Crippen LogP contribution is 2.13. The Morgan fingerprint density at radius 2 is 0.953 bits per heavy atom. The molecule has 0 atom stereocenters. The molecule has 9 N–H and O–H groups in total. The molecular formula is C69H75Cl2N21O14. The van der Waals surface area contributed by atoms with Crippen LogP contribution in [0.4, 0.5) is 17.5 Å². The van der Waals surface area contributed by atoms with Crippen LogP contribution in [-0.2, 0) is 86.2 Å². The van der Waals surface area contributed by atoms with Gasteiger partial charge in [-0.15, -0.1) is 0 Å². The fourth-order valence-electron chi connectivity index (χ4n) is 8.54. The van der Waals surface area contributed by atoms with Gasteiger partial charge in [0.1, 0.15) is 48.4 Å². The van der Waals surface area contributed by atoms with E-state index in [1.54, 1.807) is 68.1 Å². The highest BCUT2D eigenvalue weighted by atomic mass is 35.5. The number of rotatable bonds is 19. The van der Waals surface area contributed by atoms with Crippen molar-refractivity contribution in [1.29, 1.82) is 0 Å². The molecule has 35 nitrogen and oxygen atoms in total. The number of nitrogens with two attached hydrogens (primary N) is 2. The third kappa shape index (κ3) is 26.6. The van der Waals surface area contributed by atoms with E-state index in [9.17, 15) is 33.6 Å². The van der Waals surface area contributed by atoms with Gasteiger partial charge in [-0.2, -0.15) is 0 Å². The predicted octanol–water partition coefficient (Wildman–Crippen LogP) is 4.69. The van der Waals surface area contributed by atoms with E-state index in [1.165, 1.54) is 102 Å². The van der Waals surface area contributed by atoms with Crippen molar-refractivity contribution in [2.75, 3.05) is 50.2 Å². The first-order valence-corrected chi connectivity index (χ1v) is 32.6. The zero-order chi connectivity index (χ0) is 76.5. The monoisotopic (exact) mass is 1490 g/mol. The quantitative estimate of drug-likeness (QED) is 0.0328. The molecule has 10 heterocycles. The van der Waals surface area contributed by atoms with Crippen molar-refractivity contribution >= 4 is 81.3 Å². The van der Waals surface area contributed by atoms with Gasteiger partial charge in [-0.1, -0.05) is 53.0 Å². The number of aliphatic hydroxyl groups excluding tert-OH is 2. The summed E-state index contributed by atoms with van der Waals surface area (Å²) in [5, 5.41) is 27.2. The number of halogens is 2. The number of ether oxygens (including phenoxy) is 3. The van der Waals surface area contributed by atoms with Gasteiger partial charge in [-0.25, -0.2) is 39.7 Å². The Labute approximate surface area is 614 Å². The number of amides is 2. The molecule has 1 saturated heterocycles.